The number of nitrogens with zero attached hydrogens (tertiary/aromatic N) is 2. The van der Waals surface area contributed by atoms with Crippen molar-refractivity contribution in [3.63, 3.8) is 0 Å². The van der Waals surface area contributed by atoms with Gasteiger partial charge in [0.1, 0.15) is 0 Å². The van der Waals surface area contributed by atoms with Crippen LogP contribution in [0.4, 0.5) is 5.69 Å². The van der Waals surface area contributed by atoms with Crippen LogP contribution >= 0.6 is 0 Å². The van der Waals surface area contributed by atoms with E-state index in [9.17, 15) is 18.0 Å². The molecule has 2 aliphatic rings. The van der Waals surface area contributed by atoms with E-state index in [2.05, 4.69) is 4.72 Å². The number of likely N-dealkylation sites (N-methyl/N-ethyl adjacent to an activating group) is 1. The van der Waals surface area contributed by atoms with E-state index >= 15 is 0 Å². The zero-order chi connectivity index (χ0) is 23.1. The molecular weight excluding hydrogens is 430 g/mol. The van der Waals surface area contributed by atoms with Crippen molar-refractivity contribution in [2.24, 2.45) is 0 Å². The summed E-state index contributed by atoms with van der Waals surface area (Å²) in [6.45, 7) is 5.89. The lowest BCUT2D eigenvalue weighted by Crippen LogP contribution is -2.40. The van der Waals surface area contributed by atoms with Gasteiger partial charge in [0, 0.05) is 37.9 Å². The van der Waals surface area contributed by atoms with Crippen molar-refractivity contribution in [2.45, 2.75) is 30.7 Å². The summed E-state index contributed by atoms with van der Waals surface area (Å²) in [5.74, 6) is -0.123. The molecule has 0 aromatic heterocycles. The lowest BCUT2D eigenvalue weighted by atomic mass is 9.86. The predicted octanol–water partition coefficient (Wildman–Crippen LogP) is 1.89. The van der Waals surface area contributed by atoms with Crippen molar-refractivity contribution in [1.29, 1.82) is 0 Å². The van der Waals surface area contributed by atoms with Crippen LogP contribution < -0.4 is 9.62 Å². The van der Waals surface area contributed by atoms with Gasteiger partial charge >= 0.3 is 0 Å². The fourth-order valence-electron chi connectivity index (χ4n) is 4.10. The number of rotatable bonds is 5. The molecule has 0 unspecified atom stereocenters. The maximum absolute atomic E-state index is 12.9. The number of morpholine rings is 1. The summed E-state index contributed by atoms with van der Waals surface area (Å²) in [4.78, 5) is 28.4. The quantitative estimate of drug-likeness (QED) is 0.740. The molecule has 170 valence electrons. The van der Waals surface area contributed by atoms with Crippen LogP contribution in [-0.2, 0) is 31.5 Å². The number of carbonyl (C=O) groups is 2. The van der Waals surface area contributed by atoms with Crippen LogP contribution in [0.15, 0.2) is 47.4 Å². The van der Waals surface area contributed by atoms with Crippen molar-refractivity contribution < 1.29 is 22.7 Å². The van der Waals surface area contributed by atoms with Gasteiger partial charge in [0.05, 0.1) is 23.5 Å². The van der Waals surface area contributed by atoms with Gasteiger partial charge < -0.3 is 14.5 Å². The maximum Gasteiger partial charge on any atom is 0.254 e. The Bertz CT molecular complexity index is 1150. The van der Waals surface area contributed by atoms with E-state index in [4.69, 9.17) is 4.74 Å². The Morgan fingerprint density at radius 2 is 1.75 bits per heavy atom. The summed E-state index contributed by atoms with van der Waals surface area (Å²) in [7, 11) is -2.09. The number of carbonyl (C=O) groups excluding carboxylic acids is 2. The number of amides is 2. The Morgan fingerprint density at radius 3 is 2.41 bits per heavy atom. The minimum Gasteiger partial charge on any atom is -0.378 e. The molecule has 2 amide bonds. The van der Waals surface area contributed by atoms with E-state index in [-0.39, 0.29) is 23.3 Å². The normalized spacial score (nSPS) is 18.0. The molecule has 4 rings (SSSR count). The Balaban J connectivity index is 1.45. The van der Waals surface area contributed by atoms with Crippen LogP contribution in [0.2, 0.25) is 0 Å². The topological polar surface area (TPSA) is 96.0 Å². The number of benzene rings is 2. The monoisotopic (exact) mass is 457 g/mol. The molecule has 1 fully saturated rings. The second-order valence-corrected chi connectivity index (χ2v) is 10.4. The fourth-order valence-corrected chi connectivity index (χ4v) is 5.14. The molecule has 2 aromatic carbocycles. The summed E-state index contributed by atoms with van der Waals surface area (Å²) < 4.78 is 33.6. The van der Waals surface area contributed by atoms with Crippen LogP contribution in [0.1, 0.15) is 35.3 Å². The summed E-state index contributed by atoms with van der Waals surface area (Å²) in [5.41, 5.74) is 1.94. The van der Waals surface area contributed by atoms with Crippen molar-refractivity contribution in [3.05, 3.63) is 59.2 Å². The Labute approximate surface area is 188 Å². The summed E-state index contributed by atoms with van der Waals surface area (Å²) in [5, 5.41) is 0. The van der Waals surface area contributed by atoms with E-state index in [1.807, 2.05) is 0 Å². The first-order chi connectivity index (χ1) is 15.1. The first kappa shape index (κ1) is 22.4. The van der Waals surface area contributed by atoms with E-state index in [0.717, 1.165) is 11.3 Å². The Morgan fingerprint density at radius 1 is 1.09 bits per heavy atom. The van der Waals surface area contributed by atoms with Gasteiger partial charge in [0.2, 0.25) is 15.9 Å². The molecule has 32 heavy (non-hydrogen) atoms. The van der Waals surface area contributed by atoms with Gasteiger partial charge in [-0.05, 0) is 55.3 Å². The first-order valence-corrected chi connectivity index (χ1v) is 12.0. The van der Waals surface area contributed by atoms with Gasteiger partial charge in [0.25, 0.3) is 5.91 Å². The third-order valence-electron chi connectivity index (χ3n) is 6.12. The minimum atomic E-state index is -3.78. The molecule has 1 saturated heterocycles. The summed E-state index contributed by atoms with van der Waals surface area (Å²) in [6.07, 6.45) is 0. The van der Waals surface area contributed by atoms with Gasteiger partial charge in [-0.2, -0.15) is 0 Å². The van der Waals surface area contributed by atoms with E-state index < -0.39 is 15.4 Å². The number of sulfonamides is 1. The van der Waals surface area contributed by atoms with Crippen LogP contribution in [0.25, 0.3) is 0 Å². The molecule has 0 atom stereocenters. The average Bonchev–Trinajstić information content (AvgIpc) is 2.98. The third kappa shape index (κ3) is 4.03. The zero-order valence-electron chi connectivity index (χ0n) is 18.4. The molecule has 1 N–H and O–H groups in total. The molecule has 0 saturated carbocycles. The molecule has 0 bridgehead atoms. The highest BCUT2D eigenvalue weighted by Crippen LogP contribution is 2.41. The van der Waals surface area contributed by atoms with Crippen LogP contribution in [-0.4, -0.2) is 58.5 Å². The second-order valence-electron chi connectivity index (χ2n) is 8.59. The minimum absolute atomic E-state index is 0.0549. The zero-order valence-corrected chi connectivity index (χ0v) is 19.2. The van der Waals surface area contributed by atoms with E-state index in [1.165, 1.54) is 6.07 Å². The van der Waals surface area contributed by atoms with Crippen molar-refractivity contribution in [1.82, 2.24) is 9.62 Å². The standard InChI is InChI=1S/C23H27N3O5S/c1-23(2)19-14-18(8-9-20(19)25(3)22(23)28)32(29,30)24-15-16-4-6-17(7-5-16)21(27)26-10-12-31-13-11-26/h4-9,14,24H,10-13,15H2,1-3H3. The van der Waals surface area contributed by atoms with E-state index in [0.29, 0.717) is 37.4 Å². The van der Waals surface area contributed by atoms with Crippen LogP contribution in [0.5, 0.6) is 0 Å². The van der Waals surface area contributed by atoms with Crippen LogP contribution in [0, 0.1) is 0 Å². The third-order valence-corrected chi connectivity index (χ3v) is 7.52. The highest BCUT2D eigenvalue weighted by Gasteiger charge is 2.42. The maximum atomic E-state index is 12.9. The predicted molar refractivity (Wildman–Crippen MR) is 120 cm³/mol. The molecule has 0 spiro atoms. The average molecular weight is 458 g/mol. The number of ether oxygens (including phenoxy) is 1. The summed E-state index contributed by atoms with van der Waals surface area (Å²) in [6, 6.07) is 11.7. The SMILES string of the molecule is CN1C(=O)C(C)(C)c2cc(S(=O)(=O)NCc3ccc(C(=O)N4CCOCC4)cc3)ccc21. The molecule has 2 aromatic rings. The number of fused-ring (bicyclic) bond motifs is 1. The number of nitrogens with one attached hydrogen (secondary N) is 1. The number of hydrogen-bond acceptors (Lipinski definition) is 5. The van der Waals surface area contributed by atoms with Gasteiger partial charge in [0.15, 0.2) is 0 Å². The largest absolute Gasteiger partial charge is 0.378 e. The van der Waals surface area contributed by atoms with E-state index in [1.54, 1.807) is 67.1 Å². The van der Waals surface area contributed by atoms with Gasteiger partial charge in [-0.1, -0.05) is 12.1 Å². The Hall–Kier alpha value is -2.75. The molecule has 0 aliphatic carbocycles. The second kappa shape index (κ2) is 8.31. The molecule has 8 nitrogen and oxygen atoms in total. The lowest BCUT2D eigenvalue weighted by molar-refractivity contribution is -0.121. The number of hydrogen-bond donors (Lipinski definition) is 1. The van der Waals surface area contributed by atoms with Gasteiger partial charge in [-0.15, -0.1) is 0 Å². The molecule has 2 heterocycles. The van der Waals surface area contributed by atoms with Crippen molar-refractivity contribution in [2.75, 3.05) is 38.3 Å². The highest BCUT2D eigenvalue weighted by atomic mass is 32.2. The lowest BCUT2D eigenvalue weighted by Gasteiger charge is -2.26. The van der Waals surface area contributed by atoms with Gasteiger partial charge in [-0.25, -0.2) is 13.1 Å². The number of anilines is 1. The first-order valence-electron chi connectivity index (χ1n) is 10.5. The summed E-state index contributed by atoms with van der Waals surface area (Å²) >= 11 is 0. The van der Waals surface area contributed by atoms with Gasteiger partial charge in [-0.3, -0.25) is 9.59 Å². The Kier molecular flexibility index (Phi) is 5.83. The smallest absolute Gasteiger partial charge is 0.254 e. The molecule has 9 heteroatoms. The molecule has 2 aliphatic heterocycles. The molecular formula is C23H27N3O5S. The fraction of sp³-hybridized carbons (Fsp3) is 0.391. The van der Waals surface area contributed by atoms with Crippen LogP contribution in [0.3, 0.4) is 0 Å². The highest BCUT2D eigenvalue weighted by molar-refractivity contribution is 7.89. The van der Waals surface area contributed by atoms with Crippen molar-refractivity contribution in [3.8, 4) is 0 Å². The molecule has 0 radical (unpaired) electrons. The van der Waals surface area contributed by atoms with Crippen molar-refractivity contribution >= 4 is 27.5 Å².